The van der Waals surface area contributed by atoms with Crippen molar-refractivity contribution in [1.29, 1.82) is 0 Å². The van der Waals surface area contributed by atoms with Gasteiger partial charge in [-0.1, -0.05) is 26.8 Å². The fraction of sp³-hybridized carbons (Fsp3) is 0.759. The molecule has 3 rings (SSSR count). The van der Waals surface area contributed by atoms with Crippen molar-refractivity contribution in [1.82, 2.24) is 9.80 Å². The summed E-state index contributed by atoms with van der Waals surface area (Å²) in [6.45, 7) is 17.8. The Bertz CT molecular complexity index is 917. The van der Waals surface area contributed by atoms with Crippen molar-refractivity contribution in [2.24, 2.45) is 5.41 Å². The molecule has 1 heterocycles. The lowest BCUT2D eigenvalue weighted by Crippen LogP contribution is -2.53. The smallest absolute Gasteiger partial charge is 0.244 e. The van der Waals surface area contributed by atoms with Crippen LogP contribution in [0.3, 0.4) is 0 Å². The molecule has 1 saturated heterocycles. The summed E-state index contributed by atoms with van der Waals surface area (Å²) in [5.74, 6) is 0.0534. The fourth-order valence-corrected chi connectivity index (χ4v) is 6.99. The van der Waals surface area contributed by atoms with E-state index in [1.54, 1.807) is 14.2 Å². The number of likely N-dealkylation sites (tertiary alicyclic amines) is 1. The first-order chi connectivity index (χ1) is 17.8. The van der Waals surface area contributed by atoms with Gasteiger partial charge in [0, 0.05) is 36.6 Å². The third-order valence-corrected chi connectivity index (χ3v) is 14.0. The van der Waals surface area contributed by atoms with E-state index in [9.17, 15) is 4.79 Å². The van der Waals surface area contributed by atoms with Crippen molar-refractivity contribution in [2.75, 3.05) is 52.3 Å². The van der Waals surface area contributed by atoms with Gasteiger partial charge >= 0.3 is 0 Å². The van der Waals surface area contributed by atoms with E-state index in [-0.39, 0.29) is 17.0 Å². The zero-order valence-electron chi connectivity index (χ0n) is 24.8. The number of benzene rings is 1. The van der Waals surface area contributed by atoms with E-state index < -0.39 is 14.6 Å². The van der Waals surface area contributed by atoms with Crippen LogP contribution in [-0.4, -0.2) is 89.4 Å². The van der Waals surface area contributed by atoms with E-state index >= 15 is 0 Å². The minimum absolute atomic E-state index is 0.0534. The normalized spacial score (nSPS) is 20.5. The molecule has 9 heteroatoms. The number of rotatable bonds is 13. The summed E-state index contributed by atoms with van der Waals surface area (Å²) < 4.78 is 19.0. The maximum Gasteiger partial charge on any atom is 0.244 e. The van der Waals surface area contributed by atoms with Crippen LogP contribution in [0.4, 0.5) is 5.69 Å². The number of nitrogens with zero attached hydrogens (tertiary/aromatic N) is 2. The zero-order valence-corrected chi connectivity index (χ0v) is 28.0. The Morgan fingerprint density at radius 1 is 1.24 bits per heavy atom. The van der Waals surface area contributed by atoms with Crippen LogP contribution in [0.2, 0.25) is 18.1 Å². The molecule has 1 aliphatic heterocycles. The van der Waals surface area contributed by atoms with Crippen molar-refractivity contribution in [3.05, 3.63) is 27.8 Å². The van der Waals surface area contributed by atoms with Gasteiger partial charge in [0.1, 0.15) is 6.04 Å². The lowest BCUT2D eigenvalue weighted by atomic mass is 9.90. The molecule has 216 valence electrons. The predicted molar refractivity (Wildman–Crippen MR) is 166 cm³/mol. The Hall–Kier alpha value is -0.723. The fourth-order valence-electron chi connectivity index (χ4n) is 5.06. The van der Waals surface area contributed by atoms with Gasteiger partial charge in [-0.15, -0.1) is 0 Å². The van der Waals surface area contributed by atoms with E-state index in [1.165, 1.54) is 19.3 Å². The monoisotopic (exact) mass is 659 g/mol. The van der Waals surface area contributed by atoms with Crippen LogP contribution in [0.1, 0.15) is 53.4 Å². The lowest BCUT2D eigenvalue weighted by Gasteiger charge is -2.46. The van der Waals surface area contributed by atoms with Gasteiger partial charge in [-0.2, -0.15) is 0 Å². The van der Waals surface area contributed by atoms with Crippen LogP contribution in [0.15, 0.2) is 24.3 Å². The molecule has 38 heavy (non-hydrogen) atoms. The molecule has 2 atom stereocenters. The molecular formula is C29H50IN3O4Si. The topological polar surface area (TPSA) is 63.3 Å². The highest BCUT2D eigenvalue weighted by molar-refractivity contribution is 14.1. The van der Waals surface area contributed by atoms with Gasteiger partial charge in [0.15, 0.2) is 14.6 Å². The minimum Gasteiger partial charge on any atom is -0.412 e. The number of piperidine rings is 1. The Morgan fingerprint density at radius 2 is 1.92 bits per heavy atom. The van der Waals surface area contributed by atoms with Crippen LogP contribution < -0.4 is 5.32 Å². The Labute approximate surface area is 245 Å². The summed E-state index contributed by atoms with van der Waals surface area (Å²) in [5, 5.41) is 3.58. The maximum absolute atomic E-state index is 13.5. The second-order valence-corrected chi connectivity index (χ2v) is 18.7. The van der Waals surface area contributed by atoms with Gasteiger partial charge in [0.2, 0.25) is 5.91 Å². The summed E-state index contributed by atoms with van der Waals surface area (Å²) in [6, 6.07) is 7.73. The van der Waals surface area contributed by atoms with Crippen LogP contribution in [-0.2, 0) is 18.7 Å². The summed E-state index contributed by atoms with van der Waals surface area (Å²) in [6.07, 6.45) is 4.63. The van der Waals surface area contributed by atoms with Crippen molar-refractivity contribution in [3.8, 4) is 0 Å². The molecule has 1 N–H and O–H groups in total. The van der Waals surface area contributed by atoms with Crippen LogP contribution in [0.5, 0.6) is 0 Å². The van der Waals surface area contributed by atoms with E-state index in [1.807, 2.05) is 36.1 Å². The van der Waals surface area contributed by atoms with Gasteiger partial charge in [-0.3, -0.25) is 4.79 Å². The molecule has 2 aliphatic rings. The predicted octanol–water partition coefficient (Wildman–Crippen LogP) is 5.81. The number of amides is 1. The van der Waals surface area contributed by atoms with Crippen molar-refractivity contribution >= 4 is 42.5 Å². The highest BCUT2D eigenvalue weighted by atomic mass is 127. The van der Waals surface area contributed by atoms with Gasteiger partial charge in [-0.25, -0.2) is 0 Å². The molecule has 0 bridgehead atoms. The van der Waals surface area contributed by atoms with Gasteiger partial charge < -0.3 is 29.0 Å². The third kappa shape index (κ3) is 8.39. The average molecular weight is 660 g/mol. The first kappa shape index (κ1) is 31.8. The van der Waals surface area contributed by atoms with E-state index in [0.717, 1.165) is 35.3 Å². The molecule has 1 spiro atoms. The van der Waals surface area contributed by atoms with Gasteiger partial charge in [-0.05, 0) is 110 Å². The molecule has 2 fully saturated rings. The standard InChI is InChI=1S/C29H50IN3O4Si/c1-22(31-24-12-9-11-23(30)19-24)27(34)33(21-26(35-5)36-6)17-10-16-32-18-15-29(13-14-29)25(20-32)37-38(7,8)28(2,3)4/h9,11-12,19,22,25-26,31H,10,13-18,20-21H2,1-8H3/t22?,25-/m1/s1. The van der Waals surface area contributed by atoms with E-state index in [2.05, 4.69) is 66.7 Å². The number of hydrogen-bond acceptors (Lipinski definition) is 6. The number of anilines is 1. The van der Waals surface area contributed by atoms with Gasteiger partial charge in [0.05, 0.1) is 12.6 Å². The Morgan fingerprint density at radius 3 is 2.50 bits per heavy atom. The maximum atomic E-state index is 13.5. The number of carbonyl (C=O) groups is 1. The molecule has 1 amide bonds. The molecular weight excluding hydrogens is 609 g/mol. The third-order valence-electron chi connectivity index (χ3n) is 8.86. The molecule has 0 radical (unpaired) electrons. The molecule has 1 aromatic carbocycles. The second kappa shape index (κ2) is 13.3. The van der Waals surface area contributed by atoms with Gasteiger partial charge in [0.25, 0.3) is 0 Å². The minimum atomic E-state index is -1.82. The lowest BCUT2D eigenvalue weighted by molar-refractivity contribution is -0.146. The molecule has 1 aliphatic carbocycles. The summed E-state index contributed by atoms with van der Waals surface area (Å²) >= 11 is 2.29. The zero-order chi connectivity index (χ0) is 28.1. The first-order valence-corrected chi connectivity index (χ1v) is 18.1. The highest BCUT2D eigenvalue weighted by Crippen LogP contribution is 2.56. The molecule has 7 nitrogen and oxygen atoms in total. The summed E-state index contributed by atoms with van der Waals surface area (Å²) in [4.78, 5) is 17.9. The largest absolute Gasteiger partial charge is 0.412 e. The van der Waals surface area contributed by atoms with Crippen molar-refractivity contribution in [2.45, 2.75) is 89.9 Å². The summed E-state index contributed by atoms with van der Waals surface area (Å²) in [5.41, 5.74) is 1.36. The number of nitrogens with one attached hydrogen (secondary N) is 1. The Kier molecular flexibility index (Phi) is 11.1. The number of hydrogen-bond donors (Lipinski definition) is 1. The molecule has 1 unspecified atom stereocenters. The van der Waals surface area contributed by atoms with E-state index in [4.69, 9.17) is 13.9 Å². The number of halogens is 1. The van der Waals surface area contributed by atoms with Crippen LogP contribution >= 0.6 is 22.6 Å². The number of methoxy groups -OCH3 is 2. The first-order valence-electron chi connectivity index (χ1n) is 14.1. The molecule has 1 saturated carbocycles. The Balaban J connectivity index is 1.59. The SMILES string of the molecule is COC(CN(CCCN1CCC2(CC2)[C@H](O[Si](C)(C)C(C)(C)C)C1)C(=O)C(C)Nc1cccc(I)c1)OC. The number of carbonyl (C=O) groups excluding carboxylic acids is 1. The highest BCUT2D eigenvalue weighted by Gasteiger charge is 2.54. The van der Waals surface area contributed by atoms with Crippen molar-refractivity contribution in [3.63, 3.8) is 0 Å². The molecule has 1 aromatic rings. The second-order valence-electron chi connectivity index (χ2n) is 12.7. The van der Waals surface area contributed by atoms with Crippen LogP contribution in [0, 0.1) is 8.99 Å². The van der Waals surface area contributed by atoms with E-state index in [0.29, 0.717) is 24.6 Å². The average Bonchev–Trinajstić information content (AvgIpc) is 3.62. The molecule has 0 aromatic heterocycles. The number of ether oxygens (including phenoxy) is 2. The quantitative estimate of drug-likeness (QED) is 0.164. The van der Waals surface area contributed by atoms with Crippen LogP contribution in [0.25, 0.3) is 0 Å². The summed E-state index contributed by atoms with van der Waals surface area (Å²) in [7, 11) is 1.41. The van der Waals surface area contributed by atoms with Crippen molar-refractivity contribution < 1.29 is 18.7 Å².